The lowest BCUT2D eigenvalue weighted by atomic mass is 10.0. The van der Waals surface area contributed by atoms with Crippen LogP contribution in [0.5, 0.6) is 0 Å². The van der Waals surface area contributed by atoms with Crippen molar-refractivity contribution in [2.24, 2.45) is 7.05 Å². The van der Waals surface area contributed by atoms with Crippen molar-refractivity contribution in [1.82, 2.24) is 20.5 Å². The number of methoxy groups -OCH3 is 2. The molecular formula is C81H130N4O25. The van der Waals surface area contributed by atoms with Crippen molar-refractivity contribution in [3.63, 3.8) is 0 Å². The Morgan fingerprint density at radius 3 is 0.764 bits per heavy atom. The van der Waals surface area contributed by atoms with Gasteiger partial charge in [-0.3, -0.25) is 19.2 Å². The lowest BCUT2D eigenvalue weighted by Gasteiger charge is -2.26. The molecule has 29 nitrogen and oxygen atoms in total. The van der Waals surface area contributed by atoms with Gasteiger partial charge >= 0.3 is 29.8 Å². The molecule has 29 heteroatoms. The lowest BCUT2D eigenvalue weighted by molar-refractivity contribution is -0.149. The van der Waals surface area contributed by atoms with Crippen molar-refractivity contribution in [2.45, 2.75) is 268 Å². The van der Waals surface area contributed by atoms with Crippen LogP contribution in [0, 0.1) is 0 Å². The van der Waals surface area contributed by atoms with Crippen LogP contribution in [-0.2, 0) is 49.9 Å². The van der Waals surface area contributed by atoms with Gasteiger partial charge < -0.3 is 105 Å². The Kier molecular flexibility index (Phi) is 60.3. The molecule has 0 unspecified atom stereocenters. The molecule has 4 rings (SSSR count). The van der Waals surface area contributed by atoms with Crippen LogP contribution in [0.1, 0.15) is 236 Å². The predicted molar refractivity (Wildman–Crippen MR) is 413 cm³/mol. The molecule has 1 aromatic heterocycles. The highest BCUT2D eigenvalue weighted by molar-refractivity contribution is 5.93. The fourth-order valence-corrected chi connectivity index (χ4v) is 10.2. The fourth-order valence-electron chi connectivity index (χ4n) is 10.2. The van der Waals surface area contributed by atoms with Gasteiger partial charge in [0.25, 0.3) is 17.7 Å². The number of aliphatic hydroxyl groups is 12. The van der Waals surface area contributed by atoms with Gasteiger partial charge in [-0.25, -0.2) is 19.2 Å². The highest BCUT2D eigenvalue weighted by atomic mass is 16.6. The van der Waals surface area contributed by atoms with Crippen LogP contribution in [0.2, 0.25) is 0 Å². The lowest BCUT2D eigenvalue weighted by Crippen LogP contribution is -2.52. The Hall–Kier alpha value is -7.78. The Balaban J connectivity index is 0.00000174. The van der Waals surface area contributed by atoms with Crippen molar-refractivity contribution in [3.8, 4) is 0 Å². The summed E-state index contributed by atoms with van der Waals surface area (Å²) in [7, 11) is 4.72. The van der Waals surface area contributed by atoms with E-state index in [1.54, 1.807) is 42.5 Å². The molecule has 3 amide bonds. The third kappa shape index (κ3) is 48.1. The molecule has 0 aliphatic heterocycles. The number of hydrogen-bond acceptors (Lipinski definition) is 25. The summed E-state index contributed by atoms with van der Waals surface area (Å²) in [4.78, 5) is 93.5. The number of esters is 5. The molecule has 15 N–H and O–H groups in total. The third-order valence-electron chi connectivity index (χ3n) is 17.3. The molecule has 0 bridgehead atoms. The molecule has 0 saturated heterocycles. The van der Waals surface area contributed by atoms with E-state index in [1.807, 2.05) is 42.2 Å². The van der Waals surface area contributed by atoms with E-state index in [9.17, 15) is 99.6 Å². The van der Waals surface area contributed by atoms with Gasteiger partial charge in [0.15, 0.2) is 18.3 Å². The quantitative estimate of drug-likeness (QED) is 0.0129. The highest BCUT2D eigenvalue weighted by Crippen LogP contribution is 2.17. The molecule has 110 heavy (non-hydrogen) atoms. The van der Waals surface area contributed by atoms with Gasteiger partial charge in [0.2, 0.25) is 0 Å². The van der Waals surface area contributed by atoms with Crippen molar-refractivity contribution in [1.29, 1.82) is 0 Å². The summed E-state index contributed by atoms with van der Waals surface area (Å²) in [5.41, 5.74) is 0.683. The summed E-state index contributed by atoms with van der Waals surface area (Å²) in [6.45, 7) is 6.47. The van der Waals surface area contributed by atoms with E-state index in [1.165, 1.54) is 128 Å². The molecule has 1 heterocycles. The molecule has 0 aliphatic rings. The normalized spacial score (nSPS) is 14.1. The molecule has 0 radical (unpaired) electrons. The zero-order chi connectivity index (χ0) is 82.4. The van der Waals surface area contributed by atoms with E-state index in [-0.39, 0.29) is 41.7 Å². The number of aromatic nitrogens is 1. The Labute approximate surface area is 649 Å². The van der Waals surface area contributed by atoms with Gasteiger partial charge in [0.05, 0.1) is 36.5 Å². The van der Waals surface area contributed by atoms with Crippen LogP contribution < -0.4 is 16.0 Å². The number of nitrogens with zero attached hydrogens (tertiary/aromatic N) is 1. The number of ether oxygens (including phenoxy) is 5. The van der Waals surface area contributed by atoms with Gasteiger partial charge in [0.1, 0.15) is 74.8 Å². The monoisotopic (exact) mass is 1560 g/mol. The summed E-state index contributed by atoms with van der Waals surface area (Å²) in [5.74, 6) is -5.89. The average molecular weight is 1560 g/mol. The Morgan fingerprint density at radius 2 is 0.545 bits per heavy atom. The number of rotatable bonds is 51. The van der Waals surface area contributed by atoms with Crippen LogP contribution in [-0.4, -0.2) is 240 Å². The zero-order valence-corrected chi connectivity index (χ0v) is 65.6. The SMILES string of the molecule is CCCCCCCCCCCCCCCCNC(=O)[C@H](O)[C@@H](O)[C@H](O)[C@H](O)COC(=O)c1ccccc1.CCCCCCCCNC(=O)[C@H](O)[C@@H](O)[C@H](O)[C@H](O)COC(=O)c1ccc(C(=O)OC[C@@H](O)[C@@H](O)[C@H](O)[C@@H](O)C(=O)NCCCCCCCC)cc1.COC(=O)c1ccccc1.COC(C)=O.Cn1cccc1. The highest BCUT2D eigenvalue weighted by Gasteiger charge is 2.38. The molecule has 624 valence electrons. The predicted octanol–water partition coefficient (Wildman–Crippen LogP) is 6.40. The number of carbonyl (C=O) groups is 8. The van der Waals surface area contributed by atoms with Gasteiger partial charge in [-0.15, -0.1) is 0 Å². The topological polar surface area (TPSA) is 466 Å². The minimum absolute atomic E-state index is 0.0877. The van der Waals surface area contributed by atoms with Crippen molar-refractivity contribution >= 4 is 47.6 Å². The first-order chi connectivity index (χ1) is 52.6. The first-order valence-corrected chi connectivity index (χ1v) is 38.6. The van der Waals surface area contributed by atoms with Gasteiger partial charge in [-0.05, 0) is 79.9 Å². The zero-order valence-electron chi connectivity index (χ0n) is 65.6. The molecule has 3 aromatic carbocycles. The summed E-state index contributed by atoms with van der Waals surface area (Å²) in [6, 6.07) is 25.7. The molecular weight excluding hydrogens is 1430 g/mol. The van der Waals surface area contributed by atoms with E-state index >= 15 is 0 Å². The number of carbonyl (C=O) groups excluding carboxylic acids is 8. The van der Waals surface area contributed by atoms with Crippen LogP contribution in [0.4, 0.5) is 0 Å². The molecule has 4 aromatic rings. The van der Waals surface area contributed by atoms with Crippen LogP contribution in [0.3, 0.4) is 0 Å². The number of nitrogens with one attached hydrogen (secondary N) is 3. The molecule has 0 aliphatic carbocycles. The van der Waals surface area contributed by atoms with E-state index in [0.29, 0.717) is 24.9 Å². The first kappa shape index (κ1) is 102. The molecule has 12 atom stereocenters. The van der Waals surface area contributed by atoms with Crippen LogP contribution >= 0.6 is 0 Å². The van der Waals surface area contributed by atoms with E-state index < -0.39 is 129 Å². The second-order valence-corrected chi connectivity index (χ2v) is 26.6. The number of aryl methyl sites for hydroxylation is 1. The minimum Gasteiger partial charge on any atom is -0.469 e. The van der Waals surface area contributed by atoms with Gasteiger partial charge in [0, 0.05) is 46.0 Å². The Bertz CT molecular complexity index is 2920. The van der Waals surface area contributed by atoms with Gasteiger partial charge in [-0.2, -0.15) is 0 Å². The molecule has 0 spiro atoms. The second kappa shape index (κ2) is 64.8. The summed E-state index contributed by atoms with van der Waals surface area (Å²) in [5, 5.41) is 129. The second-order valence-electron chi connectivity index (χ2n) is 26.6. The third-order valence-corrected chi connectivity index (χ3v) is 17.3. The number of benzene rings is 3. The summed E-state index contributed by atoms with van der Waals surface area (Å²) < 4.78 is 25.4. The summed E-state index contributed by atoms with van der Waals surface area (Å²) >= 11 is 0. The Morgan fingerprint density at radius 1 is 0.318 bits per heavy atom. The van der Waals surface area contributed by atoms with Crippen molar-refractivity contribution in [3.05, 3.63) is 132 Å². The minimum atomic E-state index is -2.07. The maximum absolute atomic E-state index is 12.4. The van der Waals surface area contributed by atoms with Crippen molar-refractivity contribution in [2.75, 3.05) is 53.7 Å². The number of unbranched alkanes of at least 4 members (excludes halogenated alkanes) is 23. The van der Waals surface area contributed by atoms with E-state index in [2.05, 4.69) is 46.2 Å². The van der Waals surface area contributed by atoms with Gasteiger partial charge in [-0.1, -0.05) is 205 Å². The molecule has 0 saturated carbocycles. The number of aliphatic hydroxyl groups excluding tert-OH is 12. The van der Waals surface area contributed by atoms with Crippen molar-refractivity contribution < 1.29 is 123 Å². The molecule has 0 fully saturated rings. The van der Waals surface area contributed by atoms with Crippen LogP contribution in [0.15, 0.2) is 109 Å². The van der Waals surface area contributed by atoms with E-state index in [0.717, 1.165) is 83.5 Å². The largest absolute Gasteiger partial charge is 0.469 e. The fraction of sp³-hybridized carbons (Fsp3) is 0.630. The van der Waals surface area contributed by atoms with E-state index in [4.69, 9.17) is 14.2 Å². The smallest absolute Gasteiger partial charge is 0.338 e. The maximum atomic E-state index is 12.4. The summed E-state index contributed by atoms with van der Waals surface area (Å²) in [6.07, 6.45) is 9.57. The average Bonchev–Trinajstić information content (AvgIpc) is 1.21. The maximum Gasteiger partial charge on any atom is 0.338 e. The number of hydrogen-bond donors (Lipinski definition) is 15. The standard InChI is InChI=1S/C36H60N2O14.C29H49NO7.C8H8O2.C5H7N.C3H6O2/c1-3-5-7-9-11-13-19-37-33(47)31(45)29(43)27(41)25(39)21-51-35(49)23-15-17-24(18-16-23)36(50)52-22-26(40)28(42)30(44)32(46)34(48)38-20-14-12-10-8-6-4-2;1-2-3-4-5-6-7-8-9-10-11-12-13-14-18-21-30-28(35)27(34)26(33)25(32)24(31)22-37-29(36)23-19-16-15-17-20-23;1-10-8(9)7-5-3-2-4-6-7;1-6-4-2-3-5-6;1-3(4)5-2/h15-18,25-32,39-46H,3-14,19-22H2,1-2H3,(H,37,47)(H,38,48);15-17,19-20,24-27,31-34H,2-14,18,21-22H2,1H3,(H,30,35);2-6H,1H3;2-5H,1H3;1-2H3/t25-,26-,27-,28-,29+,30+,31-,32-;24-,25-,26+,27-;;;/m11.../s1. The van der Waals surface area contributed by atoms with Crippen LogP contribution in [0.25, 0.3) is 0 Å². The first-order valence-electron chi connectivity index (χ1n) is 38.6. The number of amides is 3.